The zero-order valence-corrected chi connectivity index (χ0v) is 13.7. The molecule has 0 atom stereocenters. The molecule has 0 fully saturated rings. The molecular formula is C22H22O. The Balaban J connectivity index is 2.24. The van der Waals surface area contributed by atoms with Crippen LogP contribution in [0.1, 0.15) is 24.5 Å². The van der Waals surface area contributed by atoms with Crippen LogP contribution >= 0.6 is 0 Å². The summed E-state index contributed by atoms with van der Waals surface area (Å²) in [6, 6.07) is 22.6. The van der Waals surface area contributed by atoms with Crippen molar-refractivity contribution >= 4 is 0 Å². The van der Waals surface area contributed by atoms with Crippen LogP contribution in [0.4, 0.5) is 0 Å². The summed E-state index contributed by atoms with van der Waals surface area (Å²) in [6.45, 7) is 4.21. The van der Waals surface area contributed by atoms with Crippen LogP contribution in [0.3, 0.4) is 0 Å². The Kier molecular flexibility index (Phi) is 4.47. The summed E-state index contributed by atoms with van der Waals surface area (Å²) in [5, 5.41) is 10.8. The Labute approximate surface area is 138 Å². The normalized spacial score (nSPS) is 10.7. The molecule has 0 amide bonds. The van der Waals surface area contributed by atoms with Crippen molar-refractivity contribution in [2.45, 2.75) is 26.7 Å². The lowest BCUT2D eigenvalue weighted by Gasteiger charge is -2.18. The molecule has 0 saturated heterocycles. The highest BCUT2D eigenvalue weighted by Crippen LogP contribution is 2.40. The van der Waals surface area contributed by atoms with Crippen LogP contribution in [0.5, 0.6) is 5.75 Å². The largest absolute Gasteiger partial charge is 0.507 e. The van der Waals surface area contributed by atoms with Crippen molar-refractivity contribution in [3.63, 3.8) is 0 Å². The highest BCUT2D eigenvalue weighted by Gasteiger charge is 2.16. The molecule has 0 unspecified atom stereocenters. The second kappa shape index (κ2) is 6.70. The average molecular weight is 302 g/mol. The first kappa shape index (κ1) is 15.4. The van der Waals surface area contributed by atoms with E-state index in [2.05, 4.69) is 25.1 Å². The lowest BCUT2D eigenvalue weighted by Crippen LogP contribution is -1.96. The number of phenolic OH excluding ortho intramolecular Hbond substituents is 1. The van der Waals surface area contributed by atoms with Crippen molar-refractivity contribution in [3.05, 3.63) is 77.9 Å². The third-order valence-corrected chi connectivity index (χ3v) is 4.29. The summed E-state index contributed by atoms with van der Waals surface area (Å²) in [5.41, 5.74) is 6.58. The molecule has 0 aliphatic heterocycles. The van der Waals surface area contributed by atoms with E-state index in [-0.39, 0.29) is 0 Å². The van der Waals surface area contributed by atoms with E-state index in [1.54, 1.807) is 0 Å². The van der Waals surface area contributed by atoms with Crippen molar-refractivity contribution in [1.82, 2.24) is 0 Å². The first-order valence-corrected chi connectivity index (χ1v) is 8.18. The number of hydrogen-bond acceptors (Lipinski definition) is 1. The Morgan fingerprint density at radius 3 is 1.96 bits per heavy atom. The van der Waals surface area contributed by atoms with Gasteiger partial charge in [0, 0.05) is 5.56 Å². The average Bonchev–Trinajstić information content (AvgIpc) is 2.60. The quantitative estimate of drug-likeness (QED) is 0.628. The van der Waals surface area contributed by atoms with E-state index in [1.165, 1.54) is 16.7 Å². The van der Waals surface area contributed by atoms with Crippen LogP contribution in [0.25, 0.3) is 22.3 Å². The molecule has 1 nitrogen and oxygen atoms in total. The maximum Gasteiger partial charge on any atom is 0.126 e. The number of hydrogen-bond donors (Lipinski definition) is 1. The van der Waals surface area contributed by atoms with Gasteiger partial charge in [-0.05, 0) is 47.2 Å². The van der Waals surface area contributed by atoms with Gasteiger partial charge in [0.2, 0.25) is 0 Å². The summed E-state index contributed by atoms with van der Waals surface area (Å²) in [5.74, 6) is 0.384. The molecule has 0 saturated carbocycles. The molecule has 0 heterocycles. The molecule has 1 heteroatoms. The van der Waals surface area contributed by atoms with Gasteiger partial charge >= 0.3 is 0 Å². The van der Waals surface area contributed by atoms with Gasteiger partial charge in [0.1, 0.15) is 5.75 Å². The Bertz CT molecular complexity index is 789. The van der Waals surface area contributed by atoms with Gasteiger partial charge < -0.3 is 5.11 Å². The molecule has 0 aliphatic rings. The van der Waals surface area contributed by atoms with Gasteiger partial charge in [0.05, 0.1) is 0 Å². The van der Waals surface area contributed by atoms with Gasteiger partial charge in [-0.15, -0.1) is 0 Å². The van der Waals surface area contributed by atoms with Crippen molar-refractivity contribution < 1.29 is 5.11 Å². The molecule has 0 radical (unpaired) electrons. The summed E-state index contributed by atoms with van der Waals surface area (Å²) >= 11 is 0. The van der Waals surface area contributed by atoms with Crippen molar-refractivity contribution in [2.24, 2.45) is 0 Å². The SMILES string of the molecule is CCCc1cc(-c2ccccc2)c(O)c(C)c1-c1ccccc1. The predicted molar refractivity (Wildman–Crippen MR) is 97.7 cm³/mol. The van der Waals surface area contributed by atoms with E-state index in [4.69, 9.17) is 0 Å². The monoisotopic (exact) mass is 302 g/mol. The van der Waals surface area contributed by atoms with E-state index in [0.29, 0.717) is 5.75 Å². The fourth-order valence-electron chi connectivity index (χ4n) is 3.19. The van der Waals surface area contributed by atoms with Gasteiger partial charge in [0.25, 0.3) is 0 Å². The number of phenols is 1. The maximum atomic E-state index is 10.8. The summed E-state index contributed by atoms with van der Waals surface area (Å²) < 4.78 is 0. The molecule has 116 valence electrons. The molecule has 3 aromatic rings. The first-order valence-electron chi connectivity index (χ1n) is 8.18. The minimum atomic E-state index is 0.384. The van der Waals surface area contributed by atoms with Gasteiger partial charge in [-0.1, -0.05) is 74.0 Å². The van der Waals surface area contributed by atoms with E-state index >= 15 is 0 Å². The van der Waals surface area contributed by atoms with Crippen LogP contribution in [-0.4, -0.2) is 5.11 Å². The van der Waals surface area contributed by atoms with Crippen molar-refractivity contribution in [1.29, 1.82) is 0 Å². The van der Waals surface area contributed by atoms with E-state index in [9.17, 15) is 5.11 Å². The van der Waals surface area contributed by atoms with Crippen LogP contribution in [0, 0.1) is 6.92 Å². The van der Waals surface area contributed by atoms with Crippen molar-refractivity contribution in [2.75, 3.05) is 0 Å². The van der Waals surface area contributed by atoms with Gasteiger partial charge in [-0.3, -0.25) is 0 Å². The topological polar surface area (TPSA) is 20.2 Å². The molecule has 0 aromatic heterocycles. The van der Waals surface area contributed by atoms with E-state index < -0.39 is 0 Å². The molecule has 23 heavy (non-hydrogen) atoms. The van der Waals surface area contributed by atoms with E-state index in [1.807, 2.05) is 55.5 Å². The van der Waals surface area contributed by atoms with Gasteiger partial charge in [-0.25, -0.2) is 0 Å². The van der Waals surface area contributed by atoms with Crippen LogP contribution in [-0.2, 0) is 6.42 Å². The minimum absolute atomic E-state index is 0.384. The third-order valence-electron chi connectivity index (χ3n) is 4.29. The van der Waals surface area contributed by atoms with Crippen molar-refractivity contribution in [3.8, 4) is 28.0 Å². The predicted octanol–water partition coefficient (Wildman–Crippen LogP) is 5.99. The summed E-state index contributed by atoms with van der Waals surface area (Å²) in [4.78, 5) is 0. The Morgan fingerprint density at radius 1 is 0.826 bits per heavy atom. The molecular weight excluding hydrogens is 280 g/mol. The summed E-state index contributed by atoms with van der Waals surface area (Å²) in [7, 11) is 0. The van der Waals surface area contributed by atoms with Gasteiger partial charge in [0.15, 0.2) is 0 Å². The smallest absolute Gasteiger partial charge is 0.126 e. The highest BCUT2D eigenvalue weighted by atomic mass is 16.3. The second-order valence-electron chi connectivity index (χ2n) is 5.91. The molecule has 0 spiro atoms. The first-order chi connectivity index (χ1) is 11.2. The molecule has 3 rings (SSSR count). The molecule has 0 bridgehead atoms. The fraction of sp³-hybridized carbons (Fsp3) is 0.182. The Morgan fingerprint density at radius 2 is 1.39 bits per heavy atom. The molecule has 0 aliphatic carbocycles. The number of aryl methyl sites for hydroxylation is 1. The van der Waals surface area contributed by atoms with Gasteiger partial charge in [-0.2, -0.15) is 0 Å². The highest BCUT2D eigenvalue weighted by molar-refractivity contribution is 5.82. The third kappa shape index (κ3) is 3.00. The lowest BCUT2D eigenvalue weighted by atomic mass is 9.88. The standard InChI is InChI=1S/C22H22O/c1-3-10-19-15-20(17-11-6-4-7-12-17)22(23)16(2)21(19)18-13-8-5-9-14-18/h4-9,11-15,23H,3,10H2,1-2H3. The lowest BCUT2D eigenvalue weighted by molar-refractivity contribution is 0.473. The molecule has 3 aromatic carbocycles. The van der Waals surface area contributed by atoms with E-state index in [0.717, 1.165) is 29.5 Å². The second-order valence-corrected chi connectivity index (χ2v) is 5.91. The Hall–Kier alpha value is -2.54. The minimum Gasteiger partial charge on any atom is -0.507 e. The fourth-order valence-corrected chi connectivity index (χ4v) is 3.19. The number of rotatable bonds is 4. The number of aromatic hydroxyl groups is 1. The summed E-state index contributed by atoms with van der Waals surface area (Å²) in [6.07, 6.45) is 2.09. The van der Waals surface area contributed by atoms with Crippen LogP contribution in [0.15, 0.2) is 66.7 Å². The zero-order chi connectivity index (χ0) is 16.2. The zero-order valence-electron chi connectivity index (χ0n) is 13.7. The molecule has 1 N–H and O–H groups in total. The van der Waals surface area contributed by atoms with Crippen LogP contribution in [0.2, 0.25) is 0 Å². The van der Waals surface area contributed by atoms with Crippen LogP contribution < -0.4 is 0 Å². The number of benzene rings is 3. The maximum absolute atomic E-state index is 10.8.